The number of hydrogen-bond acceptors (Lipinski definition) is 5. The van der Waals surface area contributed by atoms with Crippen molar-refractivity contribution in [2.45, 2.75) is 77.5 Å². The lowest BCUT2D eigenvalue weighted by Crippen LogP contribution is -2.23. The zero-order chi connectivity index (χ0) is 22.1. The van der Waals surface area contributed by atoms with E-state index in [2.05, 4.69) is 85.0 Å². The summed E-state index contributed by atoms with van der Waals surface area (Å²) in [7, 11) is 4.15. The highest BCUT2D eigenvalue weighted by Crippen LogP contribution is 2.27. The first-order valence-corrected chi connectivity index (χ1v) is 12.1. The van der Waals surface area contributed by atoms with Crippen LogP contribution in [0.1, 0.15) is 70.0 Å². The molecule has 6 nitrogen and oxygen atoms in total. The van der Waals surface area contributed by atoms with E-state index in [1.54, 1.807) is 0 Å². The number of rotatable bonds is 12. The quantitative estimate of drug-likeness (QED) is 0.482. The van der Waals surface area contributed by atoms with Gasteiger partial charge in [-0.1, -0.05) is 64.1 Å². The van der Waals surface area contributed by atoms with Crippen LogP contribution in [0.3, 0.4) is 0 Å². The predicted octanol–water partition coefficient (Wildman–Crippen LogP) is 4.95. The average molecular weight is 432 g/mol. The fourth-order valence-corrected chi connectivity index (χ4v) is 4.44. The second kappa shape index (κ2) is 12.1. The van der Waals surface area contributed by atoms with Crippen LogP contribution in [-0.4, -0.2) is 45.4 Å². The molecule has 0 saturated heterocycles. The molecule has 30 heavy (non-hydrogen) atoms. The summed E-state index contributed by atoms with van der Waals surface area (Å²) in [5.74, 6) is 1.31. The van der Waals surface area contributed by atoms with Crippen molar-refractivity contribution in [3.8, 4) is 0 Å². The molecule has 1 heterocycles. The molecule has 166 valence electrons. The first-order chi connectivity index (χ1) is 14.5. The smallest absolute Gasteiger partial charge is 0.234 e. The largest absolute Gasteiger partial charge is 0.325 e. The number of aromatic nitrogens is 3. The van der Waals surface area contributed by atoms with Crippen LogP contribution in [0.2, 0.25) is 0 Å². The molecule has 1 aromatic heterocycles. The lowest BCUT2D eigenvalue weighted by molar-refractivity contribution is -0.113. The van der Waals surface area contributed by atoms with Crippen LogP contribution in [-0.2, 0) is 24.2 Å². The second-order valence-corrected chi connectivity index (χ2v) is 8.67. The molecule has 7 heteroatoms. The van der Waals surface area contributed by atoms with E-state index in [0.29, 0.717) is 5.75 Å². The molecule has 2 aromatic rings. The van der Waals surface area contributed by atoms with Crippen LogP contribution in [0, 0.1) is 0 Å². The minimum Gasteiger partial charge on any atom is -0.325 e. The van der Waals surface area contributed by atoms with Gasteiger partial charge in [0.25, 0.3) is 0 Å². The highest BCUT2D eigenvalue weighted by molar-refractivity contribution is 7.99. The maximum Gasteiger partial charge on any atom is 0.234 e. The topological polar surface area (TPSA) is 63.1 Å². The van der Waals surface area contributed by atoms with Crippen LogP contribution in [0.25, 0.3) is 0 Å². The fourth-order valence-electron chi connectivity index (χ4n) is 3.67. The molecule has 0 aliphatic heterocycles. The lowest BCUT2D eigenvalue weighted by atomic mass is 10.0. The van der Waals surface area contributed by atoms with Gasteiger partial charge >= 0.3 is 0 Å². The molecular weight excluding hydrogens is 394 g/mol. The van der Waals surface area contributed by atoms with Gasteiger partial charge in [-0.15, -0.1) is 10.2 Å². The molecule has 0 aliphatic carbocycles. The molecule has 1 unspecified atom stereocenters. The maximum absolute atomic E-state index is 12.8. The van der Waals surface area contributed by atoms with E-state index >= 15 is 0 Å². The van der Waals surface area contributed by atoms with Gasteiger partial charge in [0.05, 0.1) is 11.8 Å². The van der Waals surface area contributed by atoms with Crippen LogP contribution in [0.5, 0.6) is 0 Å². The molecule has 1 amide bonds. The number of benzene rings is 1. The van der Waals surface area contributed by atoms with Gasteiger partial charge in [0, 0.05) is 12.2 Å². The summed E-state index contributed by atoms with van der Waals surface area (Å²) in [6.45, 7) is 9.47. The van der Waals surface area contributed by atoms with Crippen molar-refractivity contribution in [1.29, 1.82) is 0 Å². The molecule has 1 aromatic carbocycles. The molecule has 1 N–H and O–H groups in total. The predicted molar refractivity (Wildman–Crippen MR) is 126 cm³/mol. The number of thioether (sulfide) groups is 1. The van der Waals surface area contributed by atoms with Gasteiger partial charge in [-0.2, -0.15) is 0 Å². The zero-order valence-electron chi connectivity index (χ0n) is 19.4. The molecule has 1 atom stereocenters. The normalized spacial score (nSPS) is 12.4. The van der Waals surface area contributed by atoms with Gasteiger partial charge < -0.3 is 9.88 Å². The van der Waals surface area contributed by atoms with Crippen LogP contribution < -0.4 is 5.32 Å². The number of para-hydroxylation sites is 1. The van der Waals surface area contributed by atoms with E-state index in [1.165, 1.54) is 22.9 Å². The van der Waals surface area contributed by atoms with E-state index in [9.17, 15) is 4.79 Å². The molecule has 0 fully saturated rings. The number of hydrogen-bond donors (Lipinski definition) is 1. The van der Waals surface area contributed by atoms with Gasteiger partial charge in [0.15, 0.2) is 11.0 Å². The highest BCUT2D eigenvalue weighted by Gasteiger charge is 2.22. The van der Waals surface area contributed by atoms with Crippen LogP contribution >= 0.6 is 11.8 Å². The van der Waals surface area contributed by atoms with Crippen molar-refractivity contribution < 1.29 is 4.79 Å². The van der Waals surface area contributed by atoms with E-state index in [-0.39, 0.29) is 11.9 Å². The number of anilines is 1. The summed E-state index contributed by atoms with van der Waals surface area (Å²) in [6, 6.07) is 6.46. The summed E-state index contributed by atoms with van der Waals surface area (Å²) >= 11 is 1.47. The first-order valence-electron chi connectivity index (χ1n) is 11.1. The van der Waals surface area contributed by atoms with Crippen molar-refractivity contribution in [1.82, 2.24) is 19.7 Å². The summed E-state index contributed by atoms with van der Waals surface area (Å²) in [6.07, 6.45) is 4.94. The van der Waals surface area contributed by atoms with Crippen LogP contribution in [0.15, 0.2) is 23.4 Å². The number of nitrogens with one attached hydrogen (secondary N) is 1. The number of aryl methyl sites for hydroxylation is 2. The Morgan fingerprint density at radius 2 is 1.80 bits per heavy atom. The van der Waals surface area contributed by atoms with Gasteiger partial charge in [0.1, 0.15) is 0 Å². The summed E-state index contributed by atoms with van der Waals surface area (Å²) in [4.78, 5) is 14.9. The Balaban J connectivity index is 2.15. The third kappa shape index (κ3) is 6.08. The molecule has 0 bridgehead atoms. The Hall–Kier alpha value is -1.86. The minimum absolute atomic E-state index is 0.00171. The molecule has 0 radical (unpaired) electrons. The second-order valence-electron chi connectivity index (χ2n) is 7.73. The molecule has 0 saturated carbocycles. The van der Waals surface area contributed by atoms with Gasteiger partial charge in [-0.05, 0) is 50.9 Å². The Morgan fingerprint density at radius 3 is 2.33 bits per heavy atom. The number of unbranched alkanes of at least 4 members (excludes halogenated alkanes) is 1. The summed E-state index contributed by atoms with van der Waals surface area (Å²) in [5, 5.41) is 12.9. The van der Waals surface area contributed by atoms with Crippen LogP contribution in [0.4, 0.5) is 5.69 Å². The van der Waals surface area contributed by atoms with E-state index in [4.69, 9.17) is 0 Å². The van der Waals surface area contributed by atoms with Crippen molar-refractivity contribution in [2.24, 2.45) is 0 Å². The van der Waals surface area contributed by atoms with Crippen molar-refractivity contribution >= 4 is 23.4 Å². The summed E-state index contributed by atoms with van der Waals surface area (Å²) < 4.78 is 2.20. The average Bonchev–Trinajstić information content (AvgIpc) is 3.13. The van der Waals surface area contributed by atoms with Gasteiger partial charge in [-0.25, -0.2) is 0 Å². The van der Waals surface area contributed by atoms with E-state index in [0.717, 1.165) is 55.3 Å². The first kappa shape index (κ1) is 24.4. The van der Waals surface area contributed by atoms with Crippen molar-refractivity contribution in [3.63, 3.8) is 0 Å². The molecule has 0 aliphatic rings. The number of amides is 1. The van der Waals surface area contributed by atoms with Gasteiger partial charge in [-0.3, -0.25) is 9.69 Å². The number of carbonyl (C=O) groups is 1. The Bertz CT molecular complexity index is 796. The highest BCUT2D eigenvalue weighted by atomic mass is 32.2. The molecule has 0 spiro atoms. The minimum atomic E-state index is 0.00171. The Morgan fingerprint density at radius 1 is 1.13 bits per heavy atom. The standard InChI is InChI=1S/C23H37N5OS/c1-7-11-15-28-22(19(10-4)27(5)6)25-26-23(28)30-16-20(29)24-21-17(8-2)13-12-14-18(21)9-3/h12-14,19H,7-11,15-16H2,1-6H3,(H,24,29). The lowest BCUT2D eigenvalue weighted by Gasteiger charge is -2.23. The van der Waals surface area contributed by atoms with E-state index < -0.39 is 0 Å². The fraction of sp³-hybridized carbons (Fsp3) is 0.609. The zero-order valence-corrected chi connectivity index (χ0v) is 20.2. The van der Waals surface area contributed by atoms with Crippen molar-refractivity contribution in [2.75, 3.05) is 25.2 Å². The molecular formula is C23H37N5OS. The SMILES string of the molecule is CCCCn1c(SCC(=O)Nc2c(CC)cccc2CC)nnc1C(CC)N(C)C. The van der Waals surface area contributed by atoms with E-state index in [1.807, 2.05) is 0 Å². The molecule has 2 rings (SSSR count). The monoisotopic (exact) mass is 431 g/mol. The summed E-state index contributed by atoms with van der Waals surface area (Å²) in [5.41, 5.74) is 3.33. The Kier molecular flexibility index (Phi) is 9.85. The number of nitrogens with zero attached hydrogens (tertiary/aromatic N) is 4. The van der Waals surface area contributed by atoms with Gasteiger partial charge in [0.2, 0.25) is 5.91 Å². The number of carbonyl (C=O) groups excluding carboxylic acids is 1. The third-order valence-corrected chi connectivity index (χ3v) is 6.35. The van der Waals surface area contributed by atoms with Crippen molar-refractivity contribution in [3.05, 3.63) is 35.2 Å². The Labute approximate surface area is 185 Å². The maximum atomic E-state index is 12.8. The third-order valence-electron chi connectivity index (χ3n) is 5.38.